The summed E-state index contributed by atoms with van der Waals surface area (Å²) in [4.78, 5) is 9.01. The van der Waals surface area contributed by atoms with Crippen LogP contribution < -0.4 is 0 Å². The summed E-state index contributed by atoms with van der Waals surface area (Å²) in [7, 11) is 0. The van der Waals surface area contributed by atoms with E-state index < -0.39 is 24.5 Å². The van der Waals surface area contributed by atoms with Gasteiger partial charge in [-0.05, 0) is 98.9 Å². The van der Waals surface area contributed by atoms with Crippen LogP contribution in [0.1, 0.15) is 98.5 Å². The van der Waals surface area contributed by atoms with Gasteiger partial charge < -0.3 is 9.97 Å². The molecule has 1 radical (unpaired) electrons. The van der Waals surface area contributed by atoms with Crippen LogP contribution in [0.25, 0.3) is 54.8 Å². The maximum absolute atomic E-state index is 9.69. The normalized spacial score (nSPS) is 18.2. The third-order valence-electron chi connectivity index (χ3n) is 9.85. The molecule has 53 heavy (non-hydrogen) atoms. The molecule has 0 aliphatic heterocycles. The van der Waals surface area contributed by atoms with Gasteiger partial charge >= 0.3 is 0 Å². The molecule has 273 valence electrons. The van der Waals surface area contributed by atoms with Crippen molar-refractivity contribution in [3.8, 4) is 22.5 Å². The Morgan fingerprint density at radius 1 is 0.717 bits per heavy atom. The number of pyridine rings is 2. The van der Waals surface area contributed by atoms with Crippen molar-refractivity contribution < 1.29 is 28.3 Å². The summed E-state index contributed by atoms with van der Waals surface area (Å²) in [6.07, 6.45) is 3.92. The van der Waals surface area contributed by atoms with Crippen LogP contribution in [0.4, 0.5) is 0 Å². The van der Waals surface area contributed by atoms with E-state index in [1.807, 2.05) is 69.3 Å². The SMILES string of the molecule is [2H]C([2H])([2H])c1cnc(-c2[c-]cc3c4ccccc4c4ccccc4c3c2)cc1C1([2H])CC(C)(C)CC(C)(C)C1.[2H]C([2H])(c1ccc(-c2[c-]cccc2)nc1)C(C)(C)C.[Ir]. The zero-order chi connectivity index (χ0) is 41.9. The summed E-state index contributed by atoms with van der Waals surface area (Å²) in [6.45, 7) is 12.1. The number of rotatable bonds is 4. The summed E-state index contributed by atoms with van der Waals surface area (Å²) >= 11 is 0. The van der Waals surface area contributed by atoms with Gasteiger partial charge in [-0.3, -0.25) is 0 Å². The zero-order valence-corrected chi connectivity index (χ0v) is 34.2. The Kier molecular flexibility index (Phi) is 9.00. The summed E-state index contributed by atoms with van der Waals surface area (Å²) in [5.41, 5.74) is 3.96. The van der Waals surface area contributed by atoms with Gasteiger partial charge in [0.25, 0.3) is 0 Å². The van der Waals surface area contributed by atoms with Crippen LogP contribution in [-0.4, -0.2) is 9.97 Å². The first-order valence-corrected chi connectivity index (χ1v) is 18.3. The van der Waals surface area contributed by atoms with E-state index in [-0.39, 0.29) is 36.5 Å². The van der Waals surface area contributed by atoms with Crippen LogP contribution in [0.2, 0.25) is 0 Å². The molecule has 2 aromatic heterocycles. The first kappa shape index (κ1) is 31.2. The molecule has 0 bridgehead atoms. The van der Waals surface area contributed by atoms with Crippen molar-refractivity contribution in [1.29, 1.82) is 0 Å². The van der Waals surface area contributed by atoms with Crippen molar-refractivity contribution in [3.05, 3.63) is 144 Å². The minimum Gasteiger partial charge on any atom is -0.304 e. The molecule has 1 saturated carbocycles. The maximum atomic E-state index is 9.69. The van der Waals surface area contributed by atoms with Gasteiger partial charge in [-0.25, -0.2) is 0 Å². The molecular weight excluding hydrogens is 821 g/mol. The molecule has 0 N–H and O–H groups in total. The molecule has 5 aromatic carbocycles. The Morgan fingerprint density at radius 3 is 1.89 bits per heavy atom. The van der Waals surface area contributed by atoms with Crippen molar-refractivity contribution in [2.24, 2.45) is 16.2 Å². The number of aromatic nitrogens is 2. The predicted octanol–water partition coefficient (Wildman–Crippen LogP) is 13.8. The van der Waals surface area contributed by atoms with Crippen LogP contribution in [-0.2, 0) is 26.5 Å². The molecule has 1 aliphatic carbocycles. The summed E-state index contributed by atoms with van der Waals surface area (Å²) < 4.78 is 50.9. The van der Waals surface area contributed by atoms with E-state index in [0.29, 0.717) is 29.7 Å². The minimum absolute atomic E-state index is 0. The van der Waals surface area contributed by atoms with Gasteiger partial charge in [-0.2, -0.15) is 0 Å². The van der Waals surface area contributed by atoms with Crippen LogP contribution in [0.5, 0.6) is 0 Å². The number of aryl methyl sites for hydroxylation is 1. The van der Waals surface area contributed by atoms with Crippen molar-refractivity contribution in [3.63, 3.8) is 0 Å². The monoisotopic (exact) mass is 879 g/mol. The molecule has 1 fully saturated rings. The summed E-state index contributed by atoms with van der Waals surface area (Å²) in [6, 6.07) is 40.8. The molecule has 8 rings (SSSR count). The number of hydrogen-bond donors (Lipinski definition) is 0. The average molecular weight is 879 g/mol. The largest absolute Gasteiger partial charge is 0.304 e. The van der Waals surface area contributed by atoms with E-state index in [2.05, 4.69) is 104 Å². The van der Waals surface area contributed by atoms with E-state index in [9.17, 15) is 1.37 Å². The standard InChI is InChI=1S/C34H34N.C16H18N.Ir/c1-22-20-35-32(17-30(22)24-18-33(2,3)21-34(4,5)19-24)23-14-15-29-27-12-7-6-10-25(27)26-11-8-9-13-28(26)31(29)16-23;1-16(2,3)11-13-9-10-15(17-12-13)14-7-5-4-6-8-14;/h6-13,15-17,20,24H,18-19,21H2,1-5H3;4-7,9-10,12H,11H2,1-3H3;/q2*-1;/i1D3,24D;11D2;. The Hall–Kier alpha value is -4.17. The fraction of sp³-hybridized carbons (Fsp3) is 0.320. The number of benzene rings is 5. The second kappa shape index (κ2) is 15.3. The van der Waals surface area contributed by atoms with E-state index in [1.54, 1.807) is 6.20 Å². The molecule has 0 amide bonds. The third kappa shape index (κ3) is 8.80. The number of fused-ring (bicyclic) bond motifs is 6. The van der Waals surface area contributed by atoms with Gasteiger partial charge in [0.1, 0.15) is 0 Å². The van der Waals surface area contributed by atoms with Crippen molar-refractivity contribution in [2.45, 2.75) is 86.8 Å². The average Bonchev–Trinajstić information content (AvgIpc) is 3.16. The fourth-order valence-corrected chi connectivity index (χ4v) is 8.33. The summed E-state index contributed by atoms with van der Waals surface area (Å²) in [5.74, 6) is -1.02. The molecule has 1 aliphatic rings. The second-order valence-electron chi connectivity index (χ2n) is 16.9. The van der Waals surface area contributed by atoms with Gasteiger partial charge in [-0.1, -0.05) is 131 Å². The first-order valence-electron chi connectivity index (χ1n) is 21.3. The van der Waals surface area contributed by atoms with Gasteiger partial charge in [0, 0.05) is 40.7 Å². The van der Waals surface area contributed by atoms with Crippen LogP contribution in [0.15, 0.2) is 116 Å². The Bertz CT molecular complexity index is 2560. The molecule has 0 saturated heterocycles. The molecule has 2 heterocycles. The number of hydrogen-bond acceptors (Lipinski definition) is 2. The topological polar surface area (TPSA) is 25.8 Å². The molecule has 0 atom stereocenters. The van der Waals surface area contributed by atoms with Crippen LogP contribution >= 0.6 is 0 Å². The molecular formula is C50H52IrN2-2. The van der Waals surface area contributed by atoms with Crippen molar-refractivity contribution >= 4 is 32.3 Å². The molecule has 2 nitrogen and oxygen atoms in total. The van der Waals surface area contributed by atoms with Gasteiger partial charge in [0.05, 0.1) is 0 Å². The molecule has 3 heteroatoms. The van der Waals surface area contributed by atoms with Gasteiger partial charge in [-0.15, -0.1) is 59.7 Å². The second-order valence-corrected chi connectivity index (χ2v) is 16.9. The third-order valence-corrected chi connectivity index (χ3v) is 9.85. The van der Waals surface area contributed by atoms with E-state index in [0.717, 1.165) is 39.4 Å². The predicted molar refractivity (Wildman–Crippen MR) is 222 cm³/mol. The van der Waals surface area contributed by atoms with Gasteiger partial charge in [0.15, 0.2) is 0 Å². The first-order chi connectivity index (χ1) is 27.1. The van der Waals surface area contributed by atoms with Crippen molar-refractivity contribution in [1.82, 2.24) is 9.97 Å². The fourth-order valence-electron chi connectivity index (χ4n) is 8.33. The minimum atomic E-state index is -2.34. The molecule has 0 unspecified atom stereocenters. The van der Waals surface area contributed by atoms with Crippen LogP contribution in [0, 0.1) is 35.2 Å². The van der Waals surface area contributed by atoms with E-state index in [1.165, 1.54) is 22.4 Å². The Morgan fingerprint density at radius 2 is 1.32 bits per heavy atom. The summed E-state index contributed by atoms with van der Waals surface area (Å²) in [5, 5.41) is 6.98. The molecule has 0 spiro atoms. The quantitative estimate of drug-likeness (QED) is 0.130. The van der Waals surface area contributed by atoms with E-state index in [4.69, 9.17) is 6.85 Å². The Balaban J connectivity index is 0.000000247. The zero-order valence-electron chi connectivity index (χ0n) is 37.8. The number of nitrogens with zero attached hydrogens (tertiary/aromatic N) is 2. The maximum Gasteiger partial charge on any atom is 0.0352 e. The Labute approximate surface area is 339 Å². The van der Waals surface area contributed by atoms with E-state index >= 15 is 0 Å². The smallest absolute Gasteiger partial charge is 0.0352 e. The van der Waals surface area contributed by atoms with Crippen LogP contribution in [0.3, 0.4) is 0 Å². The molecule has 7 aromatic rings. The van der Waals surface area contributed by atoms with Gasteiger partial charge in [0.2, 0.25) is 0 Å². The van der Waals surface area contributed by atoms with Crippen molar-refractivity contribution in [2.75, 3.05) is 0 Å².